The minimum atomic E-state index is -0.942. The van der Waals surface area contributed by atoms with Gasteiger partial charge in [-0.15, -0.1) is 24.7 Å². The molecule has 0 bridgehead atoms. The van der Waals surface area contributed by atoms with Crippen LogP contribution in [0.4, 0.5) is 14.9 Å². The van der Waals surface area contributed by atoms with Crippen molar-refractivity contribution >= 4 is 46.2 Å². The first-order valence-corrected chi connectivity index (χ1v) is 17.3. The fraction of sp³-hybridized carbons (Fsp3) is 0.436. The number of nitrogens with one attached hydrogen (secondary N) is 1. The van der Waals surface area contributed by atoms with Crippen LogP contribution in [0.1, 0.15) is 92.5 Å². The Labute approximate surface area is 301 Å². The van der Waals surface area contributed by atoms with Gasteiger partial charge in [-0.05, 0) is 83.2 Å². The van der Waals surface area contributed by atoms with E-state index in [4.69, 9.17) is 38.7 Å². The Morgan fingerprint density at radius 2 is 1.75 bits per heavy atom. The summed E-state index contributed by atoms with van der Waals surface area (Å²) in [7, 11) is 0. The minimum absolute atomic E-state index is 0.0488. The molecule has 1 saturated carbocycles. The van der Waals surface area contributed by atoms with Crippen molar-refractivity contribution in [3.8, 4) is 30.4 Å². The van der Waals surface area contributed by atoms with E-state index in [9.17, 15) is 19.2 Å². The molecule has 5 rings (SSSR count). The highest BCUT2D eigenvalue weighted by Gasteiger charge is 2.32. The van der Waals surface area contributed by atoms with E-state index in [0.29, 0.717) is 31.3 Å². The Morgan fingerprint density at radius 3 is 2.37 bits per heavy atom. The number of terminal acetylenes is 2. The van der Waals surface area contributed by atoms with E-state index < -0.39 is 34.9 Å². The van der Waals surface area contributed by atoms with Crippen molar-refractivity contribution in [1.29, 1.82) is 0 Å². The maximum atomic E-state index is 16.0. The van der Waals surface area contributed by atoms with Gasteiger partial charge in [0.05, 0.1) is 33.8 Å². The number of pyridine rings is 1. The van der Waals surface area contributed by atoms with Crippen LogP contribution in [0.15, 0.2) is 41.3 Å². The lowest BCUT2D eigenvalue weighted by molar-refractivity contribution is 0.0442. The van der Waals surface area contributed by atoms with Crippen LogP contribution in [0.25, 0.3) is 10.9 Å². The van der Waals surface area contributed by atoms with E-state index in [-0.39, 0.29) is 64.1 Å². The molecule has 1 amide bonds. The number of alkyl carbamates (subject to hydrolysis) is 1. The molecule has 1 saturated heterocycles. The molecule has 0 spiro atoms. The highest BCUT2D eigenvalue weighted by molar-refractivity contribution is 6.38. The fourth-order valence-electron chi connectivity index (χ4n) is 6.07. The molecular formula is C39H41ClFN3O7. The van der Waals surface area contributed by atoms with Crippen LogP contribution < -0.4 is 20.4 Å². The SMILES string of the molecule is C#CCC(CC#C)COC(=O)c1ccc(OC(=O)c2cn(C3CC3)c3c(Cl)c(N4CCCC[C@@H](NC(=O)OC(C)(C)C)C4)c(F)cc3c2=O)cc1. The molecule has 2 aromatic carbocycles. The Morgan fingerprint density at radius 1 is 1.06 bits per heavy atom. The number of halogens is 2. The van der Waals surface area contributed by atoms with E-state index in [2.05, 4.69) is 17.2 Å². The fourth-order valence-corrected chi connectivity index (χ4v) is 6.48. The van der Waals surface area contributed by atoms with Crippen LogP contribution in [0, 0.1) is 36.4 Å². The first-order chi connectivity index (χ1) is 24.3. The van der Waals surface area contributed by atoms with Crippen molar-refractivity contribution in [3.63, 3.8) is 0 Å². The predicted octanol–water partition coefficient (Wildman–Crippen LogP) is 7.05. The molecule has 1 N–H and O–H groups in total. The van der Waals surface area contributed by atoms with E-state index in [0.717, 1.165) is 31.7 Å². The van der Waals surface area contributed by atoms with Crippen LogP contribution >= 0.6 is 11.6 Å². The molecule has 51 heavy (non-hydrogen) atoms. The summed E-state index contributed by atoms with van der Waals surface area (Å²) in [5, 5.41) is 2.90. The Kier molecular flexibility index (Phi) is 11.6. The van der Waals surface area contributed by atoms with Gasteiger partial charge in [-0.2, -0.15) is 0 Å². The smallest absolute Gasteiger partial charge is 0.407 e. The van der Waals surface area contributed by atoms with Gasteiger partial charge in [-0.1, -0.05) is 11.6 Å². The zero-order valence-corrected chi connectivity index (χ0v) is 29.7. The van der Waals surface area contributed by atoms with E-state index >= 15 is 4.39 Å². The number of hydrogen-bond acceptors (Lipinski definition) is 8. The number of carbonyl (C=O) groups excluding carboxylic acids is 3. The number of amides is 1. The van der Waals surface area contributed by atoms with Gasteiger partial charge in [-0.3, -0.25) is 4.79 Å². The average molecular weight is 718 g/mol. The minimum Gasteiger partial charge on any atom is -0.462 e. The van der Waals surface area contributed by atoms with Crippen LogP contribution in [-0.4, -0.2) is 53.9 Å². The van der Waals surface area contributed by atoms with Gasteiger partial charge in [0.25, 0.3) is 0 Å². The lowest BCUT2D eigenvalue weighted by Gasteiger charge is -2.29. The largest absolute Gasteiger partial charge is 0.462 e. The summed E-state index contributed by atoms with van der Waals surface area (Å²) in [4.78, 5) is 54.0. The number of rotatable bonds is 10. The van der Waals surface area contributed by atoms with Crippen molar-refractivity contribution < 1.29 is 33.0 Å². The zero-order chi connectivity index (χ0) is 36.9. The number of anilines is 1. The number of hydrogen-bond donors (Lipinski definition) is 1. The molecule has 2 heterocycles. The molecule has 2 aliphatic rings. The second-order valence-corrected chi connectivity index (χ2v) is 14.3. The van der Waals surface area contributed by atoms with E-state index in [1.54, 1.807) is 30.2 Å². The van der Waals surface area contributed by atoms with Crippen LogP contribution in [0.2, 0.25) is 5.02 Å². The third kappa shape index (κ3) is 9.22. The predicted molar refractivity (Wildman–Crippen MR) is 193 cm³/mol. The Hall–Kier alpha value is -5.00. The first kappa shape index (κ1) is 37.3. The highest BCUT2D eigenvalue weighted by atomic mass is 35.5. The molecule has 0 unspecified atom stereocenters. The maximum Gasteiger partial charge on any atom is 0.407 e. The van der Waals surface area contributed by atoms with Gasteiger partial charge >= 0.3 is 18.0 Å². The molecule has 1 aliphatic heterocycles. The number of benzene rings is 2. The van der Waals surface area contributed by atoms with Gasteiger partial charge < -0.3 is 29.0 Å². The van der Waals surface area contributed by atoms with Crippen LogP contribution in [0.3, 0.4) is 0 Å². The topological polar surface area (TPSA) is 116 Å². The van der Waals surface area contributed by atoms with Gasteiger partial charge in [-0.25, -0.2) is 18.8 Å². The van der Waals surface area contributed by atoms with Crippen molar-refractivity contribution in [3.05, 3.63) is 68.7 Å². The van der Waals surface area contributed by atoms with Crippen molar-refractivity contribution in [2.75, 3.05) is 24.6 Å². The quantitative estimate of drug-likeness (QED) is 0.135. The number of nitrogens with zero attached hydrogens (tertiary/aromatic N) is 2. The summed E-state index contributed by atoms with van der Waals surface area (Å²) in [5.41, 5.74) is -1.01. The van der Waals surface area contributed by atoms with Gasteiger partial charge in [0.2, 0.25) is 5.43 Å². The summed E-state index contributed by atoms with van der Waals surface area (Å²) in [6, 6.07) is 6.42. The highest BCUT2D eigenvalue weighted by Crippen LogP contribution is 2.42. The van der Waals surface area contributed by atoms with E-state index in [1.165, 1.54) is 30.5 Å². The Bertz CT molecular complexity index is 1940. The zero-order valence-electron chi connectivity index (χ0n) is 28.9. The normalized spacial score (nSPS) is 16.2. The van der Waals surface area contributed by atoms with Crippen molar-refractivity contribution in [2.24, 2.45) is 5.92 Å². The van der Waals surface area contributed by atoms with Crippen molar-refractivity contribution in [1.82, 2.24) is 9.88 Å². The standard InChI is InChI=1S/C39H41ClFN3O7/c1-6-10-24(11-7-2)23-49-36(46)25-13-17-28(18-14-25)50-37(47)30-22-44(27-15-16-27)33-29(35(30)45)20-31(41)34(32(33)40)43-19-9-8-12-26(21-43)42-38(48)51-39(3,4)5/h1-2,13-14,17-18,20,22,24,26-27H,8-12,15-16,19,21,23H2,3-5H3,(H,42,48)/t26-/m1/s1. The molecule has 1 aliphatic carbocycles. The molecular weight excluding hydrogens is 677 g/mol. The number of fused-ring (bicyclic) bond motifs is 1. The number of aromatic nitrogens is 1. The van der Waals surface area contributed by atoms with E-state index in [1.807, 2.05) is 0 Å². The average Bonchev–Trinajstić information content (AvgIpc) is 3.92. The third-order valence-electron chi connectivity index (χ3n) is 8.62. The number of carbonyl (C=O) groups is 3. The van der Waals surface area contributed by atoms with Gasteiger partial charge in [0.15, 0.2) is 0 Å². The summed E-state index contributed by atoms with van der Waals surface area (Å²) < 4.78 is 34.1. The summed E-state index contributed by atoms with van der Waals surface area (Å²) >= 11 is 6.97. The Balaban J connectivity index is 1.38. The van der Waals surface area contributed by atoms with Gasteiger partial charge in [0, 0.05) is 50.1 Å². The molecule has 12 heteroatoms. The number of esters is 2. The summed E-state index contributed by atoms with van der Waals surface area (Å²) in [6.07, 6.45) is 16.1. The van der Waals surface area contributed by atoms with Crippen LogP contribution in [0.5, 0.6) is 5.75 Å². The lowest BCUT2D eigenvalue weighted by Crippen LogP contribution is -2.45. The molecule has 1 atom stereocenters. The van der Waals surface area contributed by atoms with Gasteiger partial charge in [0.1, 0.15) is 22.7 Å². The summed E-state index contributed by atoms with van der Waals surface area (Å²) in [6.45, 7) is 6.17. The molecule has 2 fully saturated rings. The molecule has 0 radical (unpaired) electrons. The first-order valence-electron chi connectivity index (χ1n) is 17.0. The van der Waals surface area contributed by atoms with Crippen LogP contribution in [-0.2, 0) is 9.47 Å². The summed E-state index contributed by atoms with van der Waals surface area (Å²) in [5.74, 6) is 2.70. The third-order valence-corrected chi connectivity index (χ3v) is 8.97. The molecule has 1 aromatic heterocycles. The molecule has 10 nitrogen and oxygen atoms in total. The lowest BCUT2D eigenvalue weighted by atomic mass is 10.0. The van der Waals surface area contributed by atoms with Crippen molar-refractivity contribution in [2.45, 2.75) is 83.4 Å². The second-order valence-electron chi connectivity index (χ2n) is 13.9. The molecule has 268 valence electrons. The maximum absolute atomic E-state index is 16.0. The monoisotopic (exact) mass is 717 g/mol. The molecule has 3 aromatic rings. The number of ether oxygens (including phenoxy) is 3. The second kappa shape index (κ2) is 15.9.